The largest absolute Gasteiger partial charge is 0.456 e. The van der Waals surface area contributed by atoms with Gasteiger partial charge in [-0.1, -0.05) is 146 Å². The molecular weight excluding hydrogens is 599 g/mol. The molecule has 0 aliphatic rings. The van der Waals surface area contributed by atoms with Gasteiger partial charge in [0.05, 0.1) is 0 Å². The lowest BCUT2D eigenvalue weighted by atomic mass is 9.97. The Morgan fingerprint density at radius 2 is 0.673 bits per heavy atom. The topological polar surface area (TPSA) is 51.8 Å². The predicted molar refractivity (Wildman–Crippen MR) is 200 cm³/mol. The molecule has 7 aromatic carbocycles. The summed E-state index contributed by atoms with van der Waals surface area (Å²) >= 11 is 0. The third-order valence-electron chi connectivity index (χ3n) is 8.95. The van der Waals surface area contributed by atoms with E-state index in [0.29, 0.717) is 17.5 Å². The van der Waals surface area contributed by atoms with Crippen LogP contribution in [-0.4, -0.2) is 15.0 Å². The van der Waals surface area contributed by atoms with E-state index in [-0.39, 0.29) is 0 Å². The van der Waals surface area contributed by atoms with Gasteiger partial charge < -0.3 is 4.42 Å². The molecule has 0 aliphatic carbocycles. The lowest BCUT2D eigenvalue weighted by Gasteiger charge is -2.11. The first-order valence-electron chi connectivity index (χ1n) is 16.4. The monoisotopic (exact) mass is 627 g/mol. The lowest BCUT2D eigenvalue weighted by Crippen LogP contribution is -2.00. The van der Waals surface area contributed by atoms with E-state index in [1.165, 1.54) is 5.56 Å². The second kappa shape index (κ2) is 12.2. The quantitative estimate of drug-likeness (QED) is 0.184. The van der Waals surface area contributed by atoms with Gasteiger partial charge in [-0.25, -0.2) is 15.0 Å². The molecule has 0 amide bonds. The molecule has 4 nitrogen and oxygen atoms in total. The second-order valence-corrected chi connectivity index (χ2v) is 12.1. The summed E-state index contributed by atoms with van der Waals surface area (Å²) < 4.78 is 6.18. The van der Waals surface area contributed by atoms with E-state index in [1.54, 1.807) is 0 Å². The standard InChI is InChI=1S/C45H29N3O/c1-3-11-30(12-4-1)31-21-23-33(24-22-31)44-46-43(32-13-5-2-6-14-32)47-45(48-44)38-18-10-17-36(28-38)34-15-9-16-35(27-34)37-25-26-40-39-19-7-8-20-41(39)49-42(40)29-37/h1-29H. The average molecular weight is 628 g/mol. The van der Waals surface area contributed by atoms with Crippen LogP contribution < -0.4 is 0 Å². The van der Waals surface area contributed by atoms with Crippen molar-refractivity contribution in [1.82, 2.24) is 15.0 Å². The van der Waals surface area contributed by atoms with Crippen molar-refractivity contribution < 1.29 is 4.42 Å². The zero-order chi connectivity index (χ0) is 32.6. The van der Waals surface area contributed by atoms with Crippen LogP contribution >= 0.6 is 0 Å². The Bertz CT molecular complexity index is 2590. The van der Waals surface area contributed by atoms with E-state index < -0.39 is 0 Å². The summed E-state index contributed by atoms with van der Waals surface area (Å²) in [5.74, 6) is 1.90. The molecule has 0 fully saturated rings. The van der Waals surface area contributed by atoms with Gasteiger partial charge in [0.1, 0.15) is 11.2 Å². The van der Waals surface area contributed by atoms with Crippen LogP contribution in [0.1, 0.15) is 0 Å². The van der Waals surface area contributed by atoms with Crippen molar-refractivity contribution in [1.29, 1.82) is 0 Å². The fourth-order valence-electron chi connectivity index (χ4n) is 6.41. The maximum atomic E-state index is 6.18. The van der Waals surface area contributed by atoms with E-state index in [1.807, 2.05) is 54.6 Å². The highest BCUT2D eigenvalue weighted by molar-refractivity contribution is 6.05. The Balaban J connectivity index is 1.09. The minimum atomic E-state index is 0.629. The second-order valence-electron chi connectivity index (χ2n) is 12.1. The highest BCUT2D eigenvalue weighted by atomic mass is 16.3. The summed E-state index contributed by atoms with van der Waals surface area (Å²) in [6.07, 6.45) is 0. The summed E-state index contributed by atoms with van der Waals surface area (Å²) in [5, 5.41) is 2.26. The summed E-state index contributed by atoms with van der Waals surface area (Å²) in [6.45, 7) is 0. The maximum absolute atomic E-state index is 6.18. The summed E-state index contributed by atoms with van der Waals surface area (Å²) in [5.41, 5.74) is 11.3. The number of hydrogen-bond acceptors (Lipinski definition) is 4. The number of fused-ring (bicyclic) bond motifs is 3. The molecule has 4 heteroatoms. The van der Waals surface area contributed by atoms with Gasteiger partial charge in [-0.3, -0.25) is 0 Å². The molecule has 0 unspecified atom stereocenters. The van der Waals surface area contributed by atoms with Crippen molar-refractivity contribution >= 4 is 21.9 Å². The van der Waals surface area contributed by atoms with Gasteiger partial charge in [-0.2, -0.15) is 0 Å². The van der Waals surface area contributed by atoms with Crippen LogP contribution in [0.3, 0.4) is 0 Å². The van der Waals surface area contributed by atoms with Gasteiger partial charge in [0, 0.05) is 27.5 Å². The first kappa shape index (κ1) is 28.6. The Hall–Kier alpha value is -6.65. The van der Waals surface area contributed by atoms with Gasteiger partial charge in [-0.05, 0) is 63.7 Å². The summed E-state index contributed by atoms with van der Waals surface area (Å²) in [6, 6.07) is 60.5. The first-order valence-corrected chi connectivity index (χ1v) is 16.4. The van der Waals surface area contributed by atoms with E-state index in [2.05, 4.69) is 121 Å². The molecule has 0 atom stereocenters. The Kier molecular flexibility index (Phi) is 7.10. The average Bonchev–Trinajstić information content (AvgIpc) is 3.57. The minimum absolute atomic E-state index is 0.629. The molecule has 0 bridgehead atoms. The molecule has 9 rings (SSSR count). The molecule has 2 aromatic heterocycles. The Morgan fingerprint density at radius 3 is 1.35 bits per heavy atom. The molecule has 0 saturated carbocycles. The van der Waals surface area contributed by atoms with Crippen LogP contribution in [0, 0.1) is 0 Å². The van der Waals surface area contributed by atoms with Gasteiger partial charge in [0.2, 0.25) is 0 Å². The molecule has 0 saturated heterocycles. The van der Waals surface area contributed by atoms with Crippen LogP contribution in [0.2, 0.25) is 0 Å². The molecule has 230 valence electrons. The minimum Gasteiger partial charge on any atom is -0.456 e. The molecule has 0 spiro atoms. The fourth-order valence-corrected chi connectivity index (χ4v) is 6.41. The van der Waals surface area contributed by atoms with Crippen LogP contribution in [0.5, 0.6) is 0 Å². The number of benzene rings is 7. The van der Waals surface area contributed by atoms with Crippen LogP contribution in [-0.2, 0) is 0 Å². The molecule has 0 aliphatic heterocycles. The molecule has 0 N–H and O–H groups in total. The number of para-hydroxylation sites is 1. The molecule has 9 aromatic rings. The number of aromatic nitrogens is 3. The van der Waals surface area contributed by atoms with Crippen molar-refractivity contribution in [3.05, 3.63) is 176 Å². The van der Waals surface area contributed by atoms with E-state index in [0.717, 1.165) is 66.4 Å². The van der Waals surface area contributed by atoms with Crippen molar-refractivity contribution in [2.75, 3.05) is 0 Å². The first-order chi connectivity index (χ1) is 24.2. The van der Waals surface area contributed by atoms with Gasteiger partial charge in [0.25, 0.3) is 0 Å². The van der Waals surface area contributed by atoms with Crippen molar-refractivity contribution in [2.45, 2.75) is 0 Å². The van der Waals surface area contributed by atoms with Crippen molar-refractivity contribution in [3.8, 4) is 67.5 Å². The smallest absolute Gasteiger partial charge is 0.164 e. The number of rotatable bonds is 6. The maximum Gasteiger partial charge on any atom is 0.164 e. The van der Waals surface area contributed by atoms with Gasteiger partial charge in [-0.15, -0.1) is 0 Å². The van der Waals surface area contributed by atoms with E-state index >= 15 is 0 Å². The SMILES string of the molecule is c1ccc(-c2ccc(-c3nc(-c4ccccc4)nc(-c4cccc(-c5cccc(-c6ccc7c(c6)oc6ccccc67)c5)c4)n3)cc2)cc1. The number of furan rings is 1. The van der Waals surface area contributed by atoms with Crippen LogP contribution in [0.25, 0.3) is 89.5 Å². The van der Waals surface area contributed by atoms with E-state index in [4.69, 9.17) is 19.4 Å². The van der Waals surface area contributed by atoms with Crippen LogP contribution in [0.4, 0.5) is 0 Å². The predicted octanol–water partition coefficient (Wildman–Crippen LogP) is 11.8. The zero-order valence-corrected chi connectivity index (χ0v) is 26.5. The number of hydrogen-bond donors (Lipinski definition) is 0. The van der Waals surface area contributed by atoms with Crippen molar-refractivity contribution in [2.24, 2.45) is 0 Å². The zero-order valence-electron chi connectivity index (χ0n) is 26.5. The summed E-state index contributed by atoms with van der Waals surface area (Å²) in [7, 11) is 0. The van der Waals surface area contributed by atoms with Crippen molar-refractivity contribution in [3.63, 3.8) is 0 Å². The Morgan fingerprint density at radius 1 is 0.265 bits per heavy atom. The molecular formula is C45H29N3O. The molecule has 2 heterocycles. The molecule has 49 heavy (non-hydrogen) atoms. The third-order valence-corrected chi connectivity index (χ3v) is 8.95. The number of nitrogens with zero attached hydrogens (tertiary/aromatic N) is 3. The molecule has 0 radical (unpaired) electrons. The van der Waals surface area contributed by atoms with Crippen LogP contribution in [0.15, 0.2) is 180 Å². The highest BCUT2D eigenvalue weighted by Gasteiger charge is 2.14. The Labute approximate surface area is 284 Å². The van der Waals surface area contributed by atoms with Gasteiger partial charge in [0.15, 0.2) is 17.5 Å². The summed E-state index contributed by atoms with van der Waals surface area (Å²) in [4.78, 5) is 14.9. The lowest BCUT2D eigenvalue weighted by molar-refractivity contribution is 0.669. The normalized spacial score (nSPS) is 11.3. The fraction of sp³-hybridized carbons (Fsp3) is 0. The van der Waals surface area contributed by atoms with E-state index in [9.17, 15) is 0 Å². The van der Waals surface area contributed by atoms with Gasteiger partial charge >= 0.3 is 0 Å². The third kappa shape index (κ3) is 5.56. The highest BCUT2D eigenvalue weighted by Crippen LogP contribution is 2.34.